The number of nitrogens with zero attached hydrogens (tertiary/aromatic N) is 3. The van der Waals surface area contributed by atoms with E-state index in [0.29, 0.717) is 0 Å². The van der Waals surface area contributed by atoms with E-state index in [1.807, 2.05) is 24.3 Å². The number of aromatic nitrogens is 1. The fraction of sp³-hybridized carbons (Fsp3) is 0.333. The Morgan fingerprint density at radius 1 is 1.21 bits per heavy atom. The average Bonchev–Trinajstić information content (AvgIpc) is 2.47. The minimum Gasteiger partial charge on any atom is -0.357 e. The van der Waals surface area contributed by atoms with Crippen LogP contribution in [0, 0.1) is 17.2 Å². The predicted octanol–water partition coefficient (Wildman–Crippen LogP) is 3.63. The topological polar surface area (TPSA) is 39.9 Å². The number of nitriles is 1. The third-order valence-corrected chi connectivity index (χ3v) is 3.87. The van der Waals surface area contributed by atoms with Crippen molar-refractivity contribution in [3.63, 3.8) is 0 Å². The number of anilines is 1. The molecule has 0 saturated carbocycles. The Hall–Kier alpha value is -1.79. The summed E-state index contributed by atoms with van der Waals surface area (Å²) >= 11 is 5.97. The molecule has 1 aliphatic rings. The summed E-state index contributed by atoms with van der Waals surface area (Å²) in [4.78, 5) is 6.93. The van der Waals surface area contributed by atoms with Crippen LogP contribution < -0.4 is 4.90 Å². The van der Waals surface area contributed by atoms with Crippen molar-refractivity contribution in [1.82, 2.24) is 4.98 Å². The predicted molar refractivity (Wildman–Crippen MR) is 77.3 cm³/mol. The zero-order valence-corrected chi connectivity index (χ0v) is 11.3. The molecule has 1 aromatic carbocycles. The van der Waals surface area contributed by atoms with Crippen LogP contribution in [0.3, 0.4) is 0 Å². The zero-order chi connectivity index (χ0) is 13.2. The molecule has 0 atom stereocenters. The van der Waals surface area contributed by atoms with Crippen LogP contribution in [0.1, 0.15) is 12.8 Å². The highest BCUT2D eigenvalue weighted by Gasteiger charge is 2.19. The van der Waals surface area contributed by atoms with Crippen LogP contribution in [0.2, 0.25) is 5.02 Å². The number of benzene rings is 1. The highest BCUT2D eigenvalue weighted by molar-refractivity contribution is 6.31. The molecule has 0 radical (unpaired) electrons. The lowest BCUT2D eigenvalue weighted by Crippen LogP contribution is -2.33. The van der Waals surface area contributed by atoms with E-state index in [1.54, 1.807) is 0 Å². The summed E-state index contributed by atoms with van der Waals surface area (Å²) in [5.74, 6) is 1.20. The summed E-state index contributed by atoms with van der Waals surface area (Å²) in [6.45, 7) is 1.81. The number of hydrogen-bond acceptors (Lipinski definition) is 3. The summed E-state index contributed by atoms with van der Waals surface area (Å²) in [7, 11) is 0. The Balaban J connectivity index is 1.86. The van der Waals surface area contributed by atoms with Crippen molar-refractivity contribution in [2.45, 2.75) is 12.8 Å². The third-order valence-electron chi connectivity index (χ3n) is 3.64. The van der Waals surface area contributed by atoms with E-state index >= 15 is 0 Å². The van der Waals surface area contributed by atoms with Gasteiger partial charge in [0.25, 0.3) is 0 Å². The lowest BCUT2D eigenvalue weighted by molar-refractivity contribution is 0.485. The molecule has 19 heavy (non-hydrogen) atoms. The standard InChI is InChI=1S/C15H14ClN3/c16-13-2-3-14-12(9-13)1-4-15(18-14)19-7-5-11(10-17)6-8-19/h1-4,9,11H,5-8H2. The molecular formula is C15H14ClN3. The zero-order valence-electron chi connectivity index (χ0n) is 10.5. The molecule has 3 rings (SSSR count). The van der Waals surface area contributed by atoms with Crippen molar-refractivity contribution in [3.8, 4) is 6.07 Å². The van der Waals surface area contributed by atoms with Gasteiger partial charge in [-0.25, -0.2) is 4.98 Å². The summed E-state index contributed by atoms with van der Waals surface area (Å²) in [6.07, 6.45) is 1.85. The average molecular weight is 272 g/mol. The van der Waals surface area contributed by atoms with Gasteiger partial charge in [-0.15, -0.1) is 0 Å². The number of hydrogen-bond donors (Lipinski definition) is 0. The number of halogens is 1. The fourth-order valence-electron chi connectivity index (χ4n) is 2.50. The molecule has 0 amide bonds. The fourth-order valence-corrected chi connectivity index (χ4v) is 2.68. The molecule has 96 valence electrons. The Kier molecular flexibility index (Phi) is 3.27. The van der Waals surface area contributed by atoms with Crippen LogP contribution in [0.5, 0.6) is 0 Å². The van der Waals surface area contributed by atoms with E-state index in [0.717, 1.165) is 47.7 Å². The number of piperidine rings is 1. The Morgan fingerprint density at radius 2 is 2.00 bits per heavy atom. The van der Waals surface area contributed by atoms with Gasteiger partial charge < -0.3 is 4.90 Å². The van der Waals surface area contributed by atoms with Gasteiger partial charge in [-0.1, -0.05) is 11.6 Å². The van der Waals surface area contributed by atoms with Crippen LogP contribution in [0.15, 0.2) is 30.3 Å². The number of rotatable bonds is 1. The van der Waals surface area contributed by atoms with Crippen molar-refractivity contribution >= 4 is 28.3 Å². The first kappa shape index (κ1) is 12.3. The molecule has 2 aromatic rings. The number of fused-ring (bicyclic) bond motifs is 1. The first-order valence-corrected chi connectivity index (χ1v) is 6.85. The third kappa shape index (κ3) is 2.50. The quantitative estimate of drug-likeness (QED) is 0.795. The Bertz CT molecular complexity index is 639. The molecule has 1 aromatic heterocycles. The summed E-state index contributed by atoms with van der Waals surface area (Å²) in [5.41, 5.74) is 0.962. The highest BCUT2D eigenvalue weighted by Crippen LogP contribution is 2.24. The first-order valence-electron chi connectivity index (χ1n) is 6.47. The molecule has 1 fully saturated rings. The molecule has 3 nitrogen and oxygen atoms in total. The molecule has 1 aliphatic heterocycles. The molecule has 0 N–H and O–H groups in total. The normalized spacial score (nSPS) is 16.5. The van der Waals surface area contributed by atoms with Gasteiger partial charge in [0, 0.05) is 29.4 Å². The van der Waals surface area contributed by atoms with Gasteiger partial charge in [0.15, 0.2) is 0 Å². The largest absolute Gasteiger partial charge is 0.357 e. The second-order valence-electron chi connectivity index (χ2n) is 4.90. The van der Waals surface area contributed by atoms with E-state index in [4.69, 9.17) is 16.9 Å². The second-order valence-corrected chi connectivity index (χ2v) is 5.33. The van der Waals surface area contributed by atoms with Crippen LogP contribution in [0.25, 0.3) is 10.9 Å². The van der Waals surface area contributed by atoms with Crippen molar-refractivity contribution in [1.29, 1.82) is 5.26 Å². The SMILES string of the molecule is N#CC1CCN(c2ccc3cc(Cl)ccc3n2)CC1. The van der Waals surface area contributed by atoms with E-state index in [-0.39, 0.29) is 5.92 Å². The van der Waals surface area contributed by atoms with E-state index < -0.39 is 0 Å². The lowest BCUT2D eigenvalue weighted by Gasteiger charge is -2.30. The van der Waals surface area contributed by atoms with Gasteiger partial charge in [-0.05, 0) is 43.2 Å². The second kappa shape index (κ2) is 5.07. The summed E-state index contributed by atoms with van der Waals surface area (Å²) in [5, 5.41) is 10.7. The monoisotopic (exact) mass is 271 g/mol. The minimum atomic E-state index is 0.204. The molecule has 0 bridgehead atoms. The van der Waals surface area contributed by atoms with Crippen molar-refractivity contribution in [2.24, 2.45) is 5.92 Å². The molecular weight excluding hydrogens is 258 g/mol. The maximum absolute atomic E-state index is 8.92. The smallest absolute Gasteiger partial charge is 0.129 e. The number of pyridine rings is 1. The van der Waals surface area contributed by atoms with Crippen LogP contribution in [-0.4, -0.2) is 18.1 Å². The summed E-state index contributed by atoms with van der Waals surface area (Å²) in [6, 6.07) is 12.2. The molecule has 2 heterocycles. The molecule has 1 saturated heterocycles. The van der Waals surface area contributed by atoms with E-state index in [1.165, 1.54) is 0 Å². The van der Waals surface area contributed by atoms with Gasteiger partial charge in [0.05, 0.1) is 11.6 Å². The van der Waals surface area contributed by atoms with Crippen LogP contribution >= 0.6 is 11.6 Å². The highest BCUT2D eigenvalue weighted by atomic mass is 35.5. The van der Waals surface area contributed by atoms with Crippen LogP contribution in [-0.2, 0) is 0 Å². The van der Waals surface area contributed by atoms with Crippen molar-refractivity contribution in [3.05, 3.63) is 35.4 Å². The maximum atomic E-state index is 8.92. The first-order chi connectivity index (χ1) is 9.26. The molecule has 0 unspecified atom stereocenters. The lowest BCUT2D eigenvalue weighted by atomic mass is 9.99. The molecule has 0 spiro atoms. The Morgan fingerprint density at radius 3 is 2.74 bits per heavy atom. The molecule has 0 aliphatic carbocycles. The van der Waals surface area contributed by atoms with Gasteiger partial charge in [0.2, 0.25) is 0 Å². The summed E-state index contributed by atoms with van der Waals surface area (Å²) < 4.78 is 0. The van der Waals surface area contributed by atoms with Gasteiger partial charge in [-0.2, -0.15) is 5.26 Å². The van der Waals surface area contributed by atoms with Gasteiger partial charge >= 0.3 is 0 Å². The van der Waals surface area contributed by atoms with Crippen LogP contribution in [0.4, 0.5) is 5.82 Å². The van der Waals surface area contributed by atoms with Crippen molar-refractivity contribution in [2.75, 3.05) is 18.0 Å². The van der Waals surface area contributed by atoms with Crippen molar-refractivity contribution < 1.29 is 0 Å². The maximum Gasteiger partial charge on any atom is 0.129 e. The van der Waals surface area contributed by atoms with Gasteiger partial charge in [-0.3, -0.25) is 0 Å². The Labute approximate surface area is 117 Å². The van der Waals surface area contributed by atoms with E-state index in [2.05, 4.69) is 22.0 Å². The van der Waals surface area contributed by atoms with Gasteiger partial charge in [0.1, 0.15) is 5.82 Å². The van der Waals surface area contributed by atoms with E-state index in [9.17, 15) is 0 Å². The molecule has 4 heteroatoms. The minimum absolute atomic E-state index is 0.204.